The lowest BCUT2D eigenvalue weighted by Crippen LogP contribution is -2.11. The highest BCUT2D eigenvalue weighted by molar-refractivity contribution is 6.43. The highest BCUT2D eigenvalue weighted by Gasteiger charge is 2.09. The van der Waals surface area contributed by atoms with Crippen LogP contribution in [-0.2, 0) is 4.79 Å². The van der Waals surface area contributed by atoms with Crippen LogP contribution in [0.3, 0.4) is 0 Å². The van der Waals surface area contributed by atoms with Crippen LogP contribution in [0.15, 0.2) is 18.2 Å². The molecule has 14 heavy (non-hydrogen) atoms. The van der Waals surface area contributed by atoms with Crippen LogP contribution in [0, 0.1) is 0 Å². The fraction of sp³-hybridized carbons (Fsp3) is 0. The Morgan fingerprint density at radius 3 is 2.79 bits per heavy atom. The van der Waals surface area contributed by atoms with Crippen molar-refractivity contribution in [2.75, 3.05) is 0 Å². The number of hydrogen-bond acceptors (Lipinski definition) is 3. The summed E-state index contributed by atoms with van der Waals surface area (Å²) in [7, 11) is 3.22. The number of carbonyl (C=O) groups excluding carboxylic acids is 1. The Bertz CT molecular complexity index is 515. The Labute approximate surface area is 88.6 Å². The molecule has 3 radical (unpaired) electrons. The van der Waals surface area contributed by atoms with Crippen molar-refractivity contribution in [1.29, 1.82) is 0 Å². The summed E-state index contributed by atoms with van der Waals surface area (Å²) in [4.78, 5) is 18.6. The maximum absolute atomic E-state index is 10.4. The zero-order valence-electron chi connectivity index (χ0n) is 6.91. The smallest absolute Gasteiger partial charge is 0.251 e. The minimum Gasteiger partial charge on any atom is -0.251 e. The standard InChI is InChI=1S/C9H3ClN2OSi/c10-8-9(14)12-6-2-1-5(4-13)3-7(6)11-8/h1-3H/q+1. The molecule has 65 valence electrons. The first kappa shape index (κ1) is 9.21. The van der Waals surface area contributed by atoms with Gasteiger partial charge in [0, 0.05) is 6.07 Å². The summed E-state index contributed by atoms with van der Waals surface area (Å²) in [5.41, 5.74) is 1.70. The van der Waals surface area contributed by atoms with Gasteiger partial charge in [-0.15, -0.1) is 4.79 Å². The maximum atomic E-state index is 10.4. The van der Waals surface area contributed by atoms with Gasteiger partial charge < -0.3 is 0 Å². The number of nitrogens with zero attached hydrogens (tertiary/aromatic N) is 2. The quantitative estimate of drug-likeness (QED) is 0.518. The van der Waals surface area contributed by atoms with E-state index in [0.29, 0.717) is 21.9 Å². The normalized spacial score (nSPS) is 10.1. The third-order valence-electron chi connectivity index (χ3n) is 1.74. The molecule has 0 aliphatic carbocycles. The van der Waals surface area contributed by atoms with Gasteiger partial charge in [0.15, 0.2) is 0 Å². The molecule has 0 aliphatic heterocycles. The van der Waals surface area contributed by atoms with Crippen LogP contribution in [-0.4, -0.2) is 26.5 Å². The van der Waals surface area contributed by atoms with E-state index in [1.807, 2.05) is 0 Å². The Kier molecular flexibility index (Phi) is 2.25. The second-order valence-electron chi connectivity index (χ2n) is 2.67. The molecule has 2 aromatic rings. The van der Waals surface area contributed by atoms with Crippen molar-refractivity contribution in [2.24, 2.45) is 0 Å². The zero-order valence-corrected chi connectivity index (χ0v) is 8.67. The highest BCUT2D eigenvalue weighted by Crippen LogP contribution is 2.11. The predicted molar refractivity (Wildman–Crippen MR) is 54.7 cm³/mol. The minimum atomic E-state index is 0.275. The number of fused-ring (bicyclic) bond motifs is 1. The van der Waals surface area contributed by atoms with Crippen molar-refractivity contribution in [3.8, 4) is 0 Å². The molecule has 1 heterocycles. The highest BCUT2D eigenvalue weighted by atomic mass is 35.5. The van der Waals surface area contributed by atoms with Crippen LogP contribution in [0.1, 0.15) is 5.56 Å². The average Bonchev–Trinajstić information content (AvgIpc) is 2.19. The molecule has 0 bridgehead atoms. The van der Waals surface area contributed by atoms with Crippen molar-refractivity contribution < 1.29 is 4.79 Å². The lowest BCUT2D eigenvalue weighted by atomic mass is 10.2. The van der Waals surface area contributed by atoms with E-state index in [2.05, 4.69) is 20.2 Å². The van der Waals surface area contributed by atoms with Crippen molar-refractivity contribution in [2.45, 2.75) is 0 Å². The van der Waals surface area contributed by atoms with Gasteiger partial charge in [0.05, 0.1) is 17.4 Å². The largest absolute Gasteiger partial charge is 0.303 e. The number of rotatable bonds is 1. The molecule has 1 aromatic carbocycles. The summed E-state index contributed by atoms with van der Waals surface area (Å²) < 4.78 is 0. The average molecular weight is 219 g/mol. The van der Waals surface area contributed by atoms with E-state index < -0.39 is 0 Å². The zero-order chi connectivity index (χ0) is 10.1. The Morgan fingerprint density at radius 1 is 1.29 bits per heavy atom. The number of hydrogen-bond donors (Lipinski definition) is 0. The van der Waals surface area contributed by atoms with E-state index in [1.165, 1.54) is 0 Å². The van der Waals surface area contributed by atoms with Crippen molar-refractivity contribution in [3.63, 3.8) is 0 Å². The summed E-state index contributed by atoms with van der Waals surface area (Å²) >= 11 is 5.76. The fourth-order valence-electron chi connectivity index (χ4n) is 1.10. The van der Waals surface area contributed by atoms with Gasteiger partial charge in [-0.3, -0.25) is 4.98 Å². The van der Waals surface area contributed by atoms with E-state index in [9.17, 15) is 4.79 Å². The number of halogens is 1. The van der Waals surface area contributed by atoms with E-state index in [0.717, 1.165) is 0 Å². The van der Waals surface area contributed by atoms with E-state index in [4.69, 9.17) is 11.6 Å². The van der Waals surface area contributed by atoms with Crippen LogP contribution in [0.25, 0.3) is 11.0 Å². The Balaban J connectivity index is 2.76. The molecule has 0 amide bonds. The van der Waals surface area contributed by atoms with Gasteiger partial charge in [-0.1, -0.05) is 11.6 Å². The molecular formula is C9H3ClN2OSi+. The first-order chi connectivity index (χ1) is 6.70. The first-order valence-corrected chi connectivity index (χ1v) is 4.65. The molecule has 0 saturated heterocycles. The lowest BCUT2D eigenvalue weighted by molar-refractivity contribution is 0.563. The van der Waals surface area contributed by atoms with E-state index in [-0.39, 0.29) is 5.15 Å². The molecule has 0 atom stereocenters. The Hall–Kier alpha value is -1.35. The van der Waals surface area contributed by atoms with Gasteiger partial charge in [-0.05, 0) is 0 Å². The van der Waals surface area contributed by atoms with Crippen LogP contribution >= 0.6 is 11.6 Å². The molecule has 0 unspecified atom stereocenters. The van der Waals surface area contributed by atoms with Crippen molar-refractivity contribution in [1.82, 2.24) is 9.97 Å². The summed E-state index contributed by atoms with van der Waals surface area (Å²) in [5, 5.41) is 0.763. The van der Waals surface area contributed by atoms with Crippen molar-refractivity contribution >= 4 is 44.5 Å². The van der Waals surface area contributed by atoms with Crippen LogP contribution in [0.4, 0.5) is 0 Å². The van der Waals surface area contributed by atoms with Gasteiger partial charge in [-0.2, -0.15) is 0 Å². The number of aromatic nitrogens is 2. The summed E-state index contributed by atoms with van der Waals surface area (Å²) in [6.07, 6.45) is 1.78. The summed E-state index contributed by atoms with van der Waals surface area (Å²) in [6.45, 7) is 0. The SMILES string of the molecule is O=[C+]c1ccc2nc([Si])c(Cl)nc2c1. The lowest BCUT2D eigenvalue weighted by Gasteiger charge is -1.96. The first-order valence-electron chi connectivity index (χ1n) is 3.78. The molecule has 0 saturated carbocycles. The minimum absolute atomic E-state index is 0.275. The molecular weight excluding hydrogens is 216 g/mol. The predicted octanol–water partition coefficient (Wildman–Crippen LogP) is 0.535. The molecule has 0 N–H and O–H groups in total. The third-order valence-corrected chi connectivity index (χ3v) is 2.51. The monoisotopic (exact) mass is 218 g/mol. The summed E-state index contributed by atoms with van der Waals surface area (Å²) in [6, 6.07) is 4.92. The molecule has 0 spiro atoms. The topological polar surface area (TPSA) is 42.9 Å². The summed E-state index contributed by atoms with van der Waals surface area (Å²) in [5.74, 6) is 0. The van der Waals surface area contributed by atoms with Crippen molar-refractivity contribution in [3.05, 3.63) is 28.9 Å². The molecule has 3 nitrogen and oxygen atoms in total. The van der Waals surface area contributed by atoms with Gasteiger partial charge in [-0.25, -0.2) is 4.98 Å². The number of benzene rings is 1. The van der Waals surface area contributed by atoms with Gasteiger partial charge >= 0.3 is 6.29 Å². The Morgan fingerprint density at radius 2 is 2.07 bits per heavy atom. The molecule has 5 heteroatoms. The van der Waals surface area contributed by atoms with Crippen LogP contribution in [0.5, 0.6) is 0 Å². The van der Waals surface area contributed by atoms with E-state index >= 15 is 0 Å². The second kappa shape index (κ2) is 3.42. The van der Waals surface area contributed by atoms with Crippen LogP contribution in [0.2, 0.25) is 5.15 Å². The molecule has 1 aromatic heterocycles. The van der Waals surface area contributed by atoms with Gasteiger partial charge in [0.25, 0.3) is 0 Å². The van der Waals surface area contributed by atoms with Crippen LogP contribution < -0.4 is 5.32 Å². The molecule has 0 fully saturated rings. The third kappa shape index (κ3) is 1.51. The van der Waals surface area contributed by atoms with E-state index in [1.54, 1.807) is 24.5 Å². The maximum Gasteiger partial charge on any atom is 0.303 e. The van der Waals surface area contributed by atoms with Gasteiger partial charge in [0.1, 0.15) is 26.4 Å². The van der Waals surface area contributed by atoms with Gasteiger partial charge in [0.2, 0.25) is 5.56 Å². The molecule has 2 rings (SSSR count). The second-order valence-corrected chi connectivity index (χ2v) is 3.50. The molecule has 0 aliphatic rings. The fourth-order valence-corrected chi connectivity index (χ4v) is 1.41.